The van der Waals surface area contributed by atoms with Crippen molar-refractivity contribution >= 4 is 34.4 Å². The number of amides is 2. The van der Waals surface area contributed by atoms with Gasteiger partial charge < -0.3 is 25.0 Å². The summed E-state index contributed by atoms with van der Waals surface area (Å²) in [7, 11) is 1.48. The number of hydrogen-bond acceptors (Lipinski definition) is 6. The molecule has 0 aliphatic rings. The third-order valence-electron chi connectivity index (χ3n) is 5.68. The second-order valence-electron chi connectivity index (χ2n) is 8.30. The van der Waals surface area contributed by atoms with Crippen LogP contribution in [0.2, 0.25) is 5.02 Å². The van der Waals surface area contributed by atoms with Gasteiger partial charge in [0.2, 0.25) is 5.91 Å². The van der Waals surface area contributed by atoms with Crippen molar-refractivity contribution in [3.8, 4) is 11.5 Å². The maximum absolute atomic E-state index is 12.9. The second-order valence-corrected chi connectivity index (χ2v) is 10.2. The average Bonchev–Trinajstić information content (AvgIpc) is 2.88. The molecule has 9 nitrogen and oxygen atoms in total. The molecule has 2 rings (SSSR count). The Balaban J connectivity index is 1.73. The predicted molar refractivity (Wildman–Crippen MR) is 147 cm³/mol. The van der Waals surface area contributed by atoms with Crippen molar-refractivity contribution in [2.75, 3.05) is 60.0 Å². The Labute approximate surface area is 227 Å². The summed E-state index contributed by atoms with van der Waals surface area (Å²) in [4.78, 5) is 27.4. The maximum Gasteiger partial charge on any atom is 0.251 e. The molecule has 2 aromatic carbocycles. The van der Waals surface area contributed by atoms with Gasteiger partial charge in [-0.25, -0.2) is 8.51 Å². The van der Waals surface area contributed by atoms with E-state index in [1.165, 1.54) is 11.4 Å². The third kappa shape index (κ3) is 9.62. The van der Waals surface area contributed by atoms with Gasteiger partial charge in [0.25, 0.3) is 5.91 Å². The van der Waals surface area contributed by atoms with Crippen LogP contribution in [0.15, 0.2) is 41.3 Å². The molecule has 0 aliphatic carbocycles. The van der Waals surface area contributed by atoms with E-state index in [9.17, 15) is 13.8 Å². The minimum atomic E-state index is -1.63. The number of likely N-dealkylation sites (N-methyl/N-ethyl adjacent to an activating group) is 2. The van der Waals surface area contributed by atoms with Crippen molar-refractivity contribution < 1.29 is 23.3 Å². The summed E-state index contributed by atoms with van der Waals surface area (Å²) in [6.07, 6.45) is 0. The zero-order valence-electron chi connectivity index (χ0n) is 22.1. The Morgan fingerprint density at radius 3 is 2.27 bits per heavy atom. The third-order valence-corrected chi connectivity index (χ3v) is 7.68. The Morgan fingerprint density at radius 2 is 1.68 bits per heavy atom. The first-order chi connectivity index (χ1) is 17.7. The van der Waals surface area contributed by atoms with E-state index < -0.39 is 11.0 Å². The lowest BCUT2D eigenvalue weighted by molar-refractivity contribution is -0.121. The van der Waals surface area contributed by atoms with Crippen molar-refractivity contribution in [2.24, 2.45) is 0 Å². The summed E-state index contributed by atoms with van der Waals surface area (Å²) in [5.41, 5.74) is 1.21. The largest absolute Gasteiger partial charge is 0.497 e. The van der Waals surface area contributed by atoms with Crippen LogP contribution in [-0.2, 0) is 15.8 Å². The van der Waals surface area contributed by atoms with E-state index in [1.807, 2.05) is 0 Å². The van der Waals surface area contributed by atoms with Crippen molar-refractivity contribution in [3.05, 3.63) is 52.5 Å². The molecule has 1 atom stereocenters. The van der Waals surface area contributed by atoms with Crippen molar-refractivity contribution in [1.82, 2.24) is 19.8 Å². The van der Waals surface area contributed by atoms with E-state index in [0.29, 0.717) is 39.2 Å². The number of methoxy groups -OCH3 is 1. The summed E-state index contributed by atoms with van der Waals surface area (Å²) in [5, 5.41) is 5.80. The molecular formula is C26H37ClN4O5S. The summed E-state index contributed by atoms with van der Waals surface area (Å²) < 4.78 is 25.2. The molecule has 11 heteroatoms. The molecule has 0 bridgehead atoms. The van der Waals surface area contributed by atoms with E-state index in [4.69, 9.17) is 21.1 Å². The fraction of sp³-hybridized carbons (Fsp3) is 0.462. The van der Waals surface area contributed by atoms with Crippen LogP contribution in [-0.4, -0.2) is 85.3 Å². The van der Waals surface area contributed by atoms with Crippen LogP contribution in [0, 0.1) is 6.92 Å². The number of benzene rings is 2. The lowest BCUT2D eigenvalue weighted by atomic mass is 10.2. The van der Waals surface area contributed by atoms with Crippen LogP contribution >= 0.6 is 11.6 Å². The first kappa shape index (κ1) is 30.6. The lowest BCUT2D eigenvalue weighted by Gasteiger charge is -2.18. The van der Waals surface area contributed by atoms with Gasteiger partial charge >= 0.3 is 0 Å². The summed E-state index contributed by atoms with van der Waals surface area (Å²) in [6, 6.07) is 10.3. The van der Waals surface area contributed by atoms with Crippen LogP contribution in [0.1, 0.15) is 29.8 Å². The van der Waals surface area contributed by atoms with E-state index in [0.717, 1.165) is 19.6 Å². The number of carbonyl (C=O) groups excluding carboxylic acids is 2. The monoisotopic (exact) mass is 552 g/mol. The van der Waals surface area contributed by atoms with Crippen LogP contribution in [0.3, 0.4) is 0 Å². The SMILES string of the molecule is CCN(CC)CCOc1ccc(C(=O)NCCNC(=O)CN(C)S(=O)c2c(C)cc(OC)cc2Cl)cc1. The number of hydrogen-bond donors (Lipinski definition) is 2. The molecule has 1 unspecified atom stereocenters. The summed E-state index contributed by atoms with van der Waals surface area (Å²) in [6.45, 7) is 9.80. The highest BCUT2D eigenvalue weighted by Crippen LogP contribution is 2.29. The molecule has 0 aliphatic heterocycles. The molecule has 204 valence electrons. The molecule has 2 amide bonds. The zero-order valence-corrected chi connectivity index (χ0v) is 23.7. The standard InChI is InChI=1S/C26H37ClN4O5S/c1-6-31(7-2)14-15-36-21-10-8-20(9-11-21)26(33)29-13-12-28-24(32)18-30(4)37(34)25-19(3)16-22(35-5)17-23(25)27/h8-11,16-17H,6-7,12-15,18H2,1-5H3,(H,28,32)(H,29,33). The molecule has 0 spiro atoms. The van der Waals surface area contributed by atoms with Gasteiger partial charge in [0.15, 0.2) is 0 Å². The first-order valence-corrected chi connectivity index (χ1v) is 13.7. The number of aryl methyl sites for hydroxylation is 1. The zero-order chi connectivity index (χ0) is 27.4. The first-order valence-electron chi connectivity index (χ1n) is 12.2. The van der Waals surface area contributed by atoms with E-state index in [2.05, 4.69) is 29.4 Å². The molecular weight excluding hydrogens is 516 g/mol. The van der Waals surface area contributed by atoms with Crippen LogP contribution in [0.25, 0.3) is 0 Å². The number of carbonyl (C=O) groups is 2. The molecule has 37 heavy (non-hydrogen) atoms. The van der Waals surface area contributed by atoms with Gasteiger partial charge in [-0.3, -0.25) is 9.59 Å². The number of halogens is 1. The highest BCUT2D eigenvalue weighted by molar-refractivity contribution is 7.82. The predicted octanol–water partition coefficient (Wildman–Crippen LogP) is 2.88. The molecule has 0 aromatic heterocycles. The van der Waals surface area contributed by atoms with Gasteiger partial charge in [-0.15, -0.1) is 0 Å². The number of nitrogens with one attached hydrogen (secondary N) is 2. The van der Waals surface area contributed by atoms with Gasteiger partial charge in [-0.2, -0.15) is 0 Å². The Bertz CT molecular complexity index is 1040. The van der Waals surface area contributed by atoms with E-state index >= 15 is 0 Å². The molecule has 0 saturated carbocycles. The minimum Gasteiger partial charge on any atom is -0.497 e. The normalized spacial score (nSPS) is 11.9. The van der Waals surface area contributed by atoms with Crippen LogP contribution in [0.5, 0.6) is 11.5 Å². The maximum atomic E-state index is 12.9. The topological polar surface area (TPSA) is 100 Å². The number of rotatable bonds is 15. The Morgan fingerprint density at radius 1 is 1.03 bits per heavy atom. The second kappa shape index (κ2) is 15.6. The highest BCUT2D eigenvalue weighted by atomic mass is 35.5. The summed E-state index contributed by atoms with van der Waals surface area (Å²) >= 11 is 6.28. The Hall–Kier alpha value is -2.66. The van der Waals surface area contributed by atoms with Crippen LogP contribution < -0.4 is 20.1 Å². The fourth-order valence-corrected chi connectivity index (χ4v) is 5.09. The van der Waals surface area contributed by atoms with Gasteiger partial charge in [-0.05, 0) is 55.9 Å². The lowest BCUT2D eigenvalue weighted by Crippen LogP contribution is -2.40. The van der Waals surface area contributed by atoms with Crippen molar-refractivity contribution in [2.45, 2.75) is 25.7 Å². The molecule has 0 radical (unpaired) electrons. The van der Waals surface area contributed by atoms with Gasteiger partial charge in [0.1, 0.15) is 29.1 Å². The van der Waals surface area contributed by atoms with E-state index in [-0.39, 0.29) is 31.4 Å². The Kier molecular flexibility index (Phi) is 12.9. The molecule has 2 N–H and O–H groups in total. The average molecular weight is 553 g/mol. The van der Waals surface area contributed by atoms with E-state index in [1.54, 1.807) is 50.4 Å². The molecule has 0 heterocycles. The molecule has 0 saturated heterocycles. The smallest absolute Gasteiger partial charge is 0.251 e. The number of ether oxygens (including phenoxy) is 2. The van der Waals surface area contributed by atoms with Gasteiger partial charge in [-0.1, -0.05) is 25.4 Å². The molecule has 0 fully saturated rings. The van der Waals surface area contributed by atoms with Crippen LogP contribution in [0.4, 0.5) is 0 Å². The summed E-state index contributed by atoms with van der Waals surface area (Å²) in [5.74, 6) is 0.717. The van der Waals surface area contributed by atoms with Crippen molar-refractivity contribution in [3.63, 3.8) is 0 Å². The number of nitrogens with zero attached hydrogens (tertiary/aromatic N) is 2. The van der Waals surface area contributed by atoms with Gasteiger partial charge in [0, 0.05) is 38.3 Å². The fourth-order valence-electron chi connectivity index (χ4n) is 3.53. The van der Waals surface area contributed by atoms with Gasteiger partial charge in [0.05, 0.1) is 23.6 Å². The van der Waals surface area contributed by atoms with Crippen molar-refractivity contribution in [1.29, 1.82) is 0 Å². The highest BCUT2D eigenvalue weighted by Gasteiger charge is 2.20. The quantitative estimate of drug-likeness (QED) is 0.330. The minimum absolute atomic E-state index is 0.0991. The molecule has 2 aromatic rings.